The molecule has 2 heteroatoms. The standard InChI is InChI=1S/C54H34N2/c1-3-13-35(14-4-1)37-24-28-39(29-25-37)50-43-17-7-8-18-44(43)51(40-30-26-38(27-31-40)36-15-5-2-6-16-36)54-46-33-32-41(42-19-11-20-45(52(42)46)53(50)54)47-22-12-23-49(56-47)48-21-9-10-34-55-48/h1-34H. The quantitative estimate of drug-likeness (QED) is 0.172. The lowest BCUT2D eigenvalue weighted by Crippen LogP contribution is -1.94. The number of aromatic nitrogens is 2. The second-order valence-electron chi connectivity index (χ2n) is 14.4. The van der Waals surface area contributed by atoms with E-state index < -0.39 is 0 Å². The summed E-state index contributed by atoms with van der Waals surface area (Å²) in [5.41, 5.74) is 18.7. The first kappa shape index (κ1) is 32.0. The molecule has 0 atom stereocenters. The minimum Gasteiger partial charge on any atom is -0.255 e. The molecule has 0 spiro atoms. The number of nitrogens with zero attached hydrogens (tertiary/aromatic N) is 2. The first-order chi connectivity index (χ1) is 27.8. The Labute approximate surface area is 326 Å². The fourth-order valence-corrected chi connectivity index (χ4v) is 8.79. The Morgan fingerprint density at radius 2 is 0.696 bits per heavy atom. The maximum absolute atomic E-state index is 5.17. The first-order valence-electron chi connectivity index (χ1n) is 19.2. The molecule has 2 aromatic heterocycles. The van der Waals surface area contributed by atoms with Crippen molar-refractivity contribution in [3.63, 3.8) is 0 Å². The topological polar surface area (TPSA) is 25.8 Å². The van der Waals surface area contributed by atoms with Crippen LogP contribution in [-0.2, 0) is 0 Å². The van der Waals surface area contributed by atoms with Crippen LogP contribution in [0.1, 0.15) is 0 Å². The fourth-order valence-electron chi connectivity index (χ4n) is 8.79. The van der Waals surface area contributed by atoms with E-state index in [1.165, 1.54) is 88.3 Å². The van der Waals surface area contributed by atoms with Crippen LogP contribution in [0.25, 0.3) is 111 Å². The van der Waals surface area contributed by atoms with Gasteiger partial charge in [-0.1, -0.05) is 176 Å². The molecule has 1 aliphatic carbocycles. The molecule has 0 fully saturated rings. The molecular weight excluding hydrogens is 677 g/mol. The highest BCUT2D eigenvalue weighted by molar-refractivity contribution is 6.28. The summed E-state index contributed by atoms with van der Waals surface area (Å²) in [5, 5.41) is 4.96. The van der Waals surface area contributed by atoms with Gasteiger partial charge in [-0.15, -0.1) is 0 Å². The molecule has 0 aliphatic heterocycles. The molecule has 0 radical (unpaired) electrons. The number of benzene rings is 8. The summed E-state index contributed by atoms with van der Waals surface area (Å²) >= 11 is 0. The smallest absolute Gasteiger partial charge is 0.0893 e. The number of hydrogen-bond acceptors (Lipinski definition) is 2. The van der Waals surface area contributed by atoms with Gasteiger partial charge in [-0.05, 0) is 113 Å². The van der Waals surface area contributed by atoms with Crippen LogP contribution in [0.3, 0.4) is 0 Å². The van der Waals surface area contributed by atoms with Gasteiger partial charge in [-0.2, -0.15) is 0 Å². The molecule has 0 N–H and O–H groups in total. The highest BCUT2D eigenvalue weighted by Gasteiger charge is 2.31. The van der Waals surface area contributed by atoms with Gasteiger partial charge in [0.05, 0.1) is 17.1 Å². The largest absolute Gasteiger partial charge is 0.255 e. The van der Waals surface area contributed by atoms with E-state index in [1.54, 1.807) is 0 Å². The Kier molecular flexibility index (Phi) is 7.53. The van der Waals surface area contributed by atoms with E-state index in [4.69, 9.17) is 4.98 Å². The molecule has 260 valence electrons. The van der Waals surface area contributed by atoms with Crippen molar-refractivity contribution in [3.8, 4) is 89.4 Å². The number of rotatable bonds is 6. The predicted octanol–water partition coefficient (Wildman–Crippen LogP) is 14.4. The van der Waals surface area contributed by atoms with E-state index in [9.17, 15) is 0 Å². The summed E-state index contributed by atoms with van der Waals surface area (Å²) in [4.78, 5) is 9.77. The van der Waals surface area contributed by atoms with Gasteiger partial charge in [0.15, 0.2) is 0 Å². The van der Waals surface area contributed by atoms with E-state index in [0.29, 0.717) is 0 Å². The van der Waals surface area contributed by atoms with Crippen molar-refractivity contribution in [2.24, 2.45) is 0 Å². The van der Waals surface area contributed by atoms with Crippen molar-refractivity contribution < 1.29 is 0 Å². The van der Waals surface area contributed by atoms with Crippen LogP contribution in [0.15, 0.2) is 206 Å². The molecule has 1 aliphatic rings. The van der Waals surface area contributed by atoms with Crippen molar-refractivity contribution in [2.45, 2.75) is 0 Å². The summed E-state index contributed by atoms with van der Waals surface area (Å²) in [6, 6.07) is 72.1. The minimum absolute atomic E-state index is 0.864. The zero-order valence-corrected chi connectivity index (χ0v) is 30.5. The van der Waals surface area contributed by atoms with Crippen LogP contribution < -0.4 is 0 Å². The molecule has 0 amide bonds. The Hall–Kier alpha value is -7.42. The van der Waals surface area contributed by atoms with Crippen molar-refractivity contribution in [2.75, 3.05) is 0 Å². The van der Waals surface area contributed by atoms with Gasteiger partial charge < -0.3 is 0 Å². The molecule has 8 aromatic carbocycles. The Morgan fingerprint density at radius 1 is 0.250 bits per heavy atom. The Morgan fingerprint density at radius 3 is 1.29 bits per heavy atom. The van der Waals surface area contributed by atoms with Crippen LogP contribution in [0.5, 0.6) is 0 Å². The second kappa shape index (κ2) is 13.2. The maximum atomic E-state index is 5.17. The minimum atomic E-state index is 0.864. The lowest BCUT2D eigenvalue weighted by molar-refractivity contribution is 1.25. The van der Waals surface area contributed by atoms with Gasteiger partial charge in [0.2, 0.25) is 0 Å². The summed E-state index contributed by atoms with van der Waals surface area (Å²) in [6.07, 6.45) is 1.82. The van der Waals surface area contributed by atoms with Gasteiger partial charge in [-0.25, -0.2) is 4.98 Å². The molecule has 10 aromatic rings. The third-order valence-electron chi connectivity index (χ3n) is 11.3. The van der Waals surface area contributed by atoms with Gasteiger partial charge in [0, 0.05) is 11.8 Å². The SMILES string of the molecule is c1ccc(-c2ccc(-c3c4c(c(-c5ccc(-c6ccccc6)cc5)c5ccccc35)-c3ccc(-c5cccc(-c6ccccn6)n5)c5cccc-4c35)cc2)cc1. The average Bonchev–Trinajstić information content (AvgIpc) is 3.61. The van der Waals surface area contributed by atoms with E-state index in [0.717, 1.165) is 22.6 Å². The van der Waals surface area contributed by atoms with Gasteiger partial charge in [0.25, 0.3) is 0 Å². The zero-order valence-electron chi connectivity index (χ0n) is 30.5. The molecule has 0 unspecified atom stereocenters. The summed E-state index contributed by atoms with van der Waals surface area (Å²) in [5.74, 6) is 0. The third kappa shape index (κ3) is 5.19. The van der Waals surface area contributed by atoms with Crippen LogP contribution in [-0.4, -0.2) is 9.97 Å². The zero-order chi connectivity index (χ0) is 37.0. The van der Waals surface area contributed by atoms with Gasteiger partial charge in [0.1, 0.15) is 0 Å². The number of pyridine rings is 2. The predicted molar refractivity (Wildman–Crippen MR) is 234 cm³/mol. The van der Waals surface area contributed by atoms with Crippen molar-refractivity contribution in [1.29, 1.82) is 0 Å². The summed E-state index contributed by atoms with van der Waals surface area (Å²) in [6.45, 7) is 0. The molecule has 0 saturated carbocycles. The molecule has 0 bridgehead atoms. The fraction of sp³-hybridized carbons (Fsp3) is 0. The molecule has 0 saturated heterocycles. The van der Waals surface area contributed by atoms with E-state index >= 15 is 0 Å². The van der Waals surface area contributed by atoms with Crippen LogP contribution in [0.4, 0.5) is 0 Å². The first-order valence-corrected chi connectivity index (χ1v) is 19.2. The molecule has 56 heavy (non-hydrogen) atoms. The summed E-state index contributed by atoms with van der Waals surface area (Å²) < 4.78 is 0. The lowest BCUT2D eigenvalue weighted by atomic mass is 9.82. The van der Waals surface area contributed by atoms with Gasteiger partial charge in [-0.3, -0.25) is 4.98 Å². The van der Waals surface area contributed by atoms with Crippen LogP contribution >= 0.6 is 0 Å². The highest BCUT2D eigenvalue weighted by Crippen LogP contribution is 2.58. The van der Waals surface area contributed by atoms with E-state index in [-0.39, 0.29) is 0 Å². The monoisotopic (exact) mass is 710 g/mol. The van der Waals surface area contributed by atoms with Crippen molar-refractivity contribution >= 4 is 21.5 Å². The second-order valence-corrected chi connectivity index (χ2v) is 14.4. The lowest BCUT2D eigenvalue weighted by Gasteiger charge is -2.21. The van der Waals surface area contributed by atoms with E-state index in [1.807, 2.05) is 30.5 Å². The van der Waals surface area contributed by atoms with Gasteiger partial charge >= 0.3 is 0 Å². The van der Waals surface area contributed by atoms with Crippen molar-refractivity contribution in [3.05, 3.63) is 206 Å². The molecule has 11 rings (SSSR count). The molecule has 2 nitrogen and oxygen atoms in total. The normalized spacial score (nSPS) is 11.6. The van der Waals surface area contributed by atoms with Crippen molar-refractivity contribution in [1.82, 2.24) is 9.97 Å². The Bertz CT molecular complexity index is 2940. The highest BCUT2D eigenvalue weighted by atomic mass is 14.8. The van der Waals surface area contributed by atoms with Crippen LogP contribution in [0.2, 0.25) is 0 Å². The Balaban J connectivity index is 1.18. The summed E-state index contributed by atoms with van der Waals surface area (Å²) in [7, 11) is 0. The molecule has 2 heterocycles. The molecular formula is C54H34N2. The maximum Gasteiger partial charge on any atom is 0.0893 e. The average molecular weight is 711 g/mol. The van der Waals surface area contributed by atoms with E-state index in [2.05, 4.69) is 181 Å². The van der Waals surface area contributed by atoms with Crippen LogP contribution in [0, 0.1) is 0 Å². The third-order valence-corrected chi connectivity index (χ3v) is 11.3. The number of fused-ring (bicyclic) bond motifs is 4. The number of hydrogen-bond donors (Lipinski definition) is 0.